The summed E-state index contributed by atoms with van der Waals surface area (Å²) in [5.74, 6) is -2.58. The minimum atomic E-state index is -4.21. The predicted octanol–water partition coefficient (Wildman–Crippen LogP) is 2.01. The first-order chi connectivity index (χ1) is 25.5. The third-order valence-corrected chi connectivity index (χ3v) is 12.2. The summed E-state index contributed by atoms with van der Waals surface area (Å²) in [7, 11) is -2.32. The molecule has 1 aliphatic carbocycles. The average Bonchev–Trinajstić information content (AvgIpc) is 3.40. The summed E-state index contributed by atoms with van der Waals surface area (Å²) in [6, 6.07) is 5.45. The molecule has 5 amide bonds. The van der Waals surface area contributed by atoms with Crippen LogP contribution >= 0.6 is 0 Å². The average molecular weight is 772 g/mol. The van der Waals surface area contributed by atoms with Gasteiger partial charge in [-0.15, -0.1) is 0 Å². The van der Waals surface area contributed by atoms with Crippen LogP contribution in [0, 0.1) is 5.92 Å². The van der Waals surface area contributed by atoms with Crippen LogP contribution in [0.5, 0.6) is 0 Å². The van der Waals surface area contributed by atoms with Gasteiger partial charge in [0.2, 0.25) is 11.8 Å². The van der Waals surface area contributed by atoms with Crippen LogP contribution in [0.3, 0.4) is 0 Å². The third kappa shape index (κ3) is 9.17. The molecule has 17 heteroatoms. The van der Waals surface area contributed by atoms with Crippen LogP contribution in [0.25, 0.3) is 0 Å². The van der Waals surface area contributed by atoms with Crippen molar-refractivity contribution < 1.29 is 41.9 Å². The molecule has 5 aliphatic rings. The molecule has 1 aromatic carbocycles. The molecule has 296 valence electrons. The van der Waals surface area contributed by atoms with Crippen molar-refractivity contribution in [1.82, 2.24) is 34.4 Å². The van der Waals surface area contributed by atoms with E-state index in [0.29, 0.717) is 39.0 Å². The quantitative estimate of drug-likeness (QED) is 0.374. The van der Waals surface area contributed by atoms with Gasteiger partial charge in [-0.1, -0.05) is 49.3 Å². The van der Waals surface area contributed by atoms with E-state index in [-0.39, 0.29) is 38.9 Å². The molecule has 0 bridgehead atoms. The van der Waals surface area contributed by atoms with Crippen LogP contribution in [0.4, 0.5) is 9.59 Å². The molecule has 4 aliphatic heterocycles. The van der Waals surface area contributed by atoms with Gasteiger partial charge in [-0.05, 0) is 64.6 Å². The summed E-state index contributed by atoms with van der Waals surface area (Å²) in [5.41, 5.74) is -0.389. The molecule has 0 radical (unpaired) electrons. The molecule has 54 heavy (non-hydrogen) atoms. The number of rotatable bonds is 5. The molecule has 1 aromatic rings. The Bertz CT molecular complexity index is 1730. The first-order valence-electron chi connectivity index (χ1n) is 18.9. The topological polar surface area (TPSA) is 187 Å². The number of nitrogens with one attached hydrogen (secondary N) is 3. The van der Waals surface area contributed by atoms with Gasteiger partial charge in [-0.25, -0.2) is 14.3 Å². The summed E-state index contributed by atoms with van der Waals surface area (Å²) in [4.78, 5) is 73.9. The molecule has 1 saturated carbocycles. The Morgan fingerprint density at radius 2 is 1.67 bits per heavy atom. The van der Waals surface area contributed by atoms with E-state index >= 15 is 0 Å². The molecule has 3 N–H and O–H groups in total. The molecule has 0 unspecified atom stereocenters. The molecule has 2 saturated heterocycles. The van der Waals surface area contributed by atoms with Gasteiger partial charge in [0, 0.05) is 51.6 Å². The number of hydrogen-bond donors (Lipinski definition) is 3. The van der Waals surface area contributed by atoms with E-state index in [9.17, 15) is 32.4 Å². The number of hydrogen-bond acceptors (Lipinski definition) is 10. The van der Waals surface area contributed by atoms with Gasteiger partial charge in [0.25, 0.3) is 5.91 Å². The molecule has 6 rings (SSSR count). The lowest BCUT2D eigenvalue weighted by Crippen LogP contribution is -2.60. The van der Waals surface area contributed by atoms with Gasteiger partial charge in [0.05, 0.1) is 6.54 Å². The zero-order valence-electron chi connectivity index (χ0n) is 31.5. The second-order valence-corrected chi connectivity index (χ2v) is 17.7. The zero-order chi connectivity index (χ0) is 38.8. The molecule has 5 atom stereocenters. The summed E-state index contributed by atoms with van der Waals surface area (Å²) >= 11 is 0. The fourth-order valence-electron chi connectivity index (χ4n) is 7.60. The maximum atomic E-state index is 14.4. The third-order valence-electron chi connectivity index (χ3n) is 10.7. The summed E-state index contributed by atoms with van der Waals surface area (Å²) in [6.45, 7) is 7.17. The van der Waals surface area contributed by atoms with E-state index < -0.39 is 75.4 Å². The fraction of sp³-hybridized carbons (Fsp3) is 0.649. The maximum Gasteiger partial charge on any atom is 0.410 e. The maximum absolute atomic E-state index is 14.4. The molecule has 4 heterocycles. The number of nitrogens with zero attached hydrogens (tertiary/aromatic N) is 4. The highest BCUT2D eigenvalue weighted by Crippen LogP contribution is 2.46. The van der Waals surface area contributed by atoms with Gasteiger partial charge in [0.15, 0.2) is 0 Å². The van der Waals surface area contributed by atoms with Crippen molar-refractivity contribution in [3.05, 3.63) is 47.5 Å². The number of likely N-dealkylation sites (N-methyl/N-ethyl adjacent to an activating group) is 1. The number of allylic oxidation sites excluding steroid dienone is 1. The Kier molecular flexibility index (Phi) is 11.6. The second-order valence-electron chi connectivity index (χ2n) is 16.0. The van der Waals surface area contributed by atoms with Crippen LogP contribution in [0.15, 0.2) is 36.4 Å². The molecular formula is C37H53N7O9S. The normalized spacial score (nSPS) is 29.0. The number of alkyl carbamates (subject to hydrolysis) is 1. The first-order valence-corrected chi connectivity index (χ1v) is 20.3. The highest BCUT2D eigenvalue weighted by molar-refractivity contribution is 7.87. The molecule has 3 fully saturated rings. The number of carbonyl (C=O) groups is 5. The van der Waals surface area contributed by atoms with E-state index in [1.165, 1.54) is 9.21 Å². The Morgan fingerprint density at radius 3 is 2.33 bits per heavy atom. The van der Waals surface area contributed by atoms with E-state index in [4.69, 9.17) is 9.47 Å². The summed E-state index contributed by atoms with van der Waals surface area (Å²) in [5, 5.41) is 5.54. The van der Waals surface area contributed by atoms with Crippen molar-refractivity contribution in [3.63, 3.8) is 0 Å². The first kappa shape index (κ1) is 39.5. The Balaban J connectivity index is 1.24. The van der Waals surface area contributed by atoms with Crippen molar-refractivity contribution >= 4 is 40.1 Å². The van der Waals surface area contributed by atoms with E-state index in [1.807, 2.05) is 48.4 Å². The Morgan fingerprint density at radius 1 is 0.981 bits per heavy atom. The minimum absolute atomic E-state index is 0.0684. The molecule has 16 nitrogen and oxygen atoms in total. The number of fused-ring (bicyclic) bond motifs is 3. The van der Waals surface area contributed by atoms with Crippen molar-refractivity contribution in [3.8, 4) is 0 Å². The monoisotopic (exact) mass is 771 g/mol. The standard InChI is InChI=1S/C37H53N7O9S/c1-36(2,3)53-34(48)38-29-15-9-7-5-6-8-14-27-21-37(27,33(47)40-54(50,51)43-18-16-41(4)17-19-43)39-31(45)30-20-28(24-44(30)32(29)46)52-35(49)42-22-25-12-10-11-13-26(25)23-42/h8,10-14,27-30H,5-7,9,15-24H2,1-4H3,(H,38,48)(H,39,45)(H,40,47)/b14-8-/t27-,28+,29-,30-,37+/m0/s1. The van der Waals surface area contributed by atoms with Gasteiger partial charge in [-0.2, -0.15) is 12.7 Å². The van der Waals surface area contributed by atoms with Gasteiger partial charge in [-0.3, -0.25) is 19.3 Å². The Hall–Kier alpha value is -4.22. The minimum Gasteiger partial charge on any atom is -0.444 e. The fourth-order valence-corrected chi connectivity index (χ4v) is 8.79. The molecule has 0 aromatic heterocycles. The summed E-state index contributed by atoms with van der Waals surface area (Å²) in [6.07, 6.45) is 4.67. The Labute approximate surface area is 317 Å². The lowest BCUT2D eigenvalue weighted by molar-refractivity contribution is -0.141. The van der Waals surface area contributed by atoms with E-state index in [2.05, 4.69) is 15.4 Å². The van der Waals surface area contributed by atoms with Gasteiger partial charge >= 0.3 is 22.4 Å². The predicted molar refractivity (Wildman–Crippen MR) is 197 cm³/mol. The van der Waals surface area contributed by atoms with E-state index in [1.54, 1.807) is 25.7 Å². The molecular weight excluding hydrogens is 719 g/mol. The second kappa shape index (κ2) is 15.9. The number of ether oxygens (including phenoxy) is 2. The van der Waals surface area contributed by atoms with Crippen molar-refractivity contribution in [2.75, 3.05) is 39.8 Å². The molecule has 0 spiro atoms. The van der Waals surface area contributed by atoms with Crippen LogP contribution in [0.2, 0.25) is 0 Å². The number of benzene rings is 1. The highest BCUT2D eigenvalue weighted by Gasteiger charge is 2.62. The van der Waals surface area contributed by atoms with Crippen LogP contribution < -0.4 is 15.4 Å². The summed E-state index contributed by atoms with van der Waals surface area (Å²) < 4.78 is 41.5. The van der Waals surface area contributed by atoms with Crippen molar-refractivity contribution in [2.24, 2.45) is 5.92 Å². The van der Waals surface area contributed by atoms with Gasteiger partial charge in [0.1, 0.15) is 29.3 Å². The highest BCUT2D eigenvalue weighted by atomic mass is 32.2. The van der Waals surface area contributed by atoms with Crippen LogP contribution in [-0.4, -0.2) is 126 Å². The lowest BCUT2D eigenvalue weighted by atomic mass is 10.0. The van der Waals surface area contributed by atoms with Gasteiger partial charge < -0.3 is 29.9 Å². The number of amides is 5. The SMILES string of the molecule is CN1CCN(S(=O)(=O)NC(=O)[C@@]23C[C@@H]2/C=C\CCCCC[C@H](NC(=O)OC(C)(C)C)C(=O)N2C[C@H](OC(=O)N4Cc5ccccc5C4)C[C@H]2C(=O)N3)CC1. The van der Waals surface area contributed by atoms with Crippen LogP contribution in [-0.2, 0) is 47.2 Å². The van der Waals surface area contributed by atoms with Crippen molar-refractivity contribution in [1.29, 1.82) is 0 Å². The lowest BCUT2D eigenvalue weighted by Gasteiger charge is -2.32. The van der Waals surface area contributed by atoms with Crippen LogP contribution in [0.1, 0.15) is 76.8 Å². The zero-order valence-corrected chi connectivity index (χ0v) is 32.4. The smallest absolute Gasteiger partial charge is 0.410 e. The number of piperazine rings is 1. The number of carbonyl (C=O) groups excluding carboxylic acids is 5. The largest absolute Gasteiger partial charge is 0.444 e. The van der Waals surface area contributed by atoms with E-state index in [0.717, 1.165) is 24.0 Å². The van der Waals surface area contributed by atoms with Crippen molar-refractivity contribution in [2.45, 2.75) is 108 Å².